The van der Waals surface area contributed by atoms with E-state index in [1.807, 2.05) is 18.0 Å². The van der Waals surface area contributed by atoms with Gasteiger partial charge in [0.15, 0.2) is 0 Å². The molecule has 0 N–H and O–H groups in total. The molecule has 154 valence electrons. The number of piperidine rings is 1. The molecule has 3 rings (SSSR count). The van der Waals surface area contributed by atoms with Crippen molar-refractivity contribution in [2.24, 2.45) is 0 Å². The third kappa shape index (κ3) is 4.49. The van der Waals surface area contributed by atoms with Gasteiger partial charge in [-0.3, -0.25) is 4.79 Å². The first-order valence-corrected chi connectivity index (χ1v) is 10.9. The van der Waals surface area contributed by atoms with Gasteiger partial charge >= 0.3 is 0 Å². The number of hydrogen-bond donors (Lipinski definition) is 0. The maximum Gasteiger partial charge on any atom is 0.253 e. The molecule has 0 spiro atoms. The van der Waals surface area contributed by atoms with Crippen molar-refractivity contribution >= 4 is 11.5 Å². The van der Waals surface area contributed by atoms with E-state index in [-0.39, 0.29) is 5.91 Å². The first kappa shape index (κ1) is 21.1. The van der Waals surface area contributed by atoms with Crippen molar-refractivity contribution in [3.63, 3.8) is 0 Å². The van der Waals surface area contributed by atoms with Crippen LogP contribution in [0.1, 0.15) is 50.2 Å². The lowest BCUT2D eigenvalue weighted by atomic mass is 9.82. The molecule has 0 aromatic heterocycles. The van der Waals surface area contributed by atoms with Gasteiger partial charge in [-0.05, 0) is 64.0 Å². The van der Waals surface area contributed by atoms with Gasteiger partial charge in [-0.1, -0.05) is 50.1 Å². The van der Waals surface area contributed by atoms with Crippen molar-refractivity contribution in [1.82, 2.24) is 14.7 Å². The maximum absolute atomic E-state index is 12.9. The highest BCUT2D eigenvalue weighted by molar-refractivity contribution is 6.20. The van der Waals surface area contributed by atoms with Crippen LogP contribution in [0.25, 0.3) is 5.57 Å². The summed E-state index contributed by atoms with van der Waals surface area (Å²) in [4.78, 5) is 19.8. The van der Waals surface area contributed by atoms with Crippen LogP contribution >= 0.6 is 0 Å². The molecule has 2 aliphatic rings. The van der Waals surface area contributed by atoms with E-state index in [1.165, 1.54) is 37.7 Å². The Labute approximate surface area is 171 Å². The highest BCUT2D eigenvalue weighted by atomic mass is 16.2. The molecule has 1 aliphatic heterocycles. The van der Waals surface area contributed by atoms with Crippen LogP contribution in [0.2, 0.25) is 0 Å². The van der Waals surface area contributed by atoms with Gasteiger partial charge in [0.05, 0.1) is 0 Å². The standard InChI is InChI=1S/C24H37N3O/c1-5-6-13-24(25(2)3)14-16-27(17-15-24)19-18-26(4)23(28)22-12-11-20-9-7-8-10-21(20)22/h7-10,12H,5-6,11,13-19H2,1-4H3. The second-order valence-corrected chi connectivity index (χ2v) is 8.77. The summed E-state index contributed by atoms with van der Waals surface area (Å²) in [5.74, 6) is 0.160. The number of nitrogens with zero attached hydrogens (tertiary/aromatic N) is 3. The number of likely N-dealkylation sites (tertiary alicyclic amines) is 1. The number of allylic oxidation sites excluding steroid dienone is 1. The summed E-state index contributed by atoms with van der Waals surface area (Å²) in [6.45, 7) is 6.31. The normalized spacial score (nSPS) is 18.8. The van der Waals surface area contributed by atoms with E-state index in [1.54, 1.807) is 0 Å². The van der Waals surface area contributed by atoms with Crippen molar-refractivity contribution in [2.75, 3.05) is 47.3 Å². The molecule has 1 aliphatic carbocycles. The van der Waals surface area contributed by atoms with E-state index >= 15 is 0 Å². The van der Waals surface area contributed by atoms with Gasteiger partial charge in [0.2, 0.25) is 0 Å². The highest BCUT2D eigenvalue weighted by Gasteiger charge is 2.35. The molecular formula is C24H37N3O. The van der Waals surface area contributed by atoms with E-state index in [9.17, 15) is 4.79 Å². The molecular weight excluding hydrogens is 346 g/mol. The fraction of sp³-hybridized carbons (Fsp3) is 0.625. The summed E-state index contributed by atoms with van der Waals surface area (Å²) in [5.41, 5.74) is 3.63. The number of carbonyl (C=O) groups is 1. The van der Waals surface area contributed by atoms with Gasteiger partial charge in [0.25, 0.3) is 5.91 Å². The van der Waals surface area contributed by atoms with Crippen molar-refractivity contribution in [3.8, 4) is 0 Å². The van der Waals surface area contributed by atoms with Gasteiger partial charge in [-0.15, -0.1) is 0 Å². The van der Waals surface area contributed by atoms with Gasteiger partial charge in [0, 0.05) is 31.2 Å². The summed E-state index contributed by atoms with van der Waals surface area (Å²) >= 11 is 0. The Bertz CT molecular complexity index is 702. The summed E-state index contributed by atoms with van der Waals surface area (Å²) in [5, 5.41) is 0. The van der Waals surface area contributed by atoms with Crippen LogP contribution < -0.4 is 0 Å². The van der Waals surface area contributed by atoms with Crippen molar-refractivity contribution in [3.05, 3.63) is 41.5 Å². The maximum atomic E-state index is 12.9. The monoisotopic (exact) mass is 383 g/mol. The van der Waals surface area contributed by atoms with Crippen LogP contribution in [0.3, 0.4) is 0 Å². The molecule has 1 saturated heterocycles. The lowest BCUT2D eigenvalue weighted by Crippen LogP contribution is -2.53. The highest BCUT2D eigenvalue weighted by Crippen LogP contribution is 2.32. The Morgan fingerprint density at radius 1 is 1.14 bits per heavy atom. The number of amides is 1. The number of fused-ring (bicyclic) bond motifs is 1. The minimum atomic E-state index is 0.160. The van der Waals surface area contributed by atoms with Crippen molar-refractivity contribution in [1.29, 1.82) is 0 Å². The Morgan fingerprint density at radius 3 is 2.54 bits per heavy atom. The average Bonchev–Trinajstić information content (AvgIpc) is 3.14. The zero-order valence-corrected chi connectivity index (χ0v) is 18.2. The second-order valence-electron chi connectivity index (χ2n) is 8.77. The molecule has 4 nitrogen and oxygen atoms in total. The van der Waals surface area contributed by atoms with Crippen LogP contribution in [-0.2, 0) is 11.2 Å². The van der Waals surface area contributed by atoms with Gasteiger partial charge in [-0.2, -0.15) is 0 Å². The number of carbonyl (C=O) groups excluding carboxylic acids is 1. The van der Waals surface area contributed by atoms with E-state index in [0.717, 1.165) is 43.7 Å². The zero-order chi connectivity index (χ0) is 20.1. The molecule has 1 aromatic carbocycles. The fourth-order valence-corrected chi connectivity index (χ4v) is 4.70. The van der Waals surface area contributed by atoms with Crippen LogP contribution in [0.4, 0.5) is 0 Å². The lowest BCUT2D eigenvalue weighted by Gasteiger charge is -2.46. The van der Waals surface area contributed by atoms with Crippen LogP contribution in [0.15, 0.2) is 30.3 Å². The lowest BCUT2D eigenvalue weighted by molar-refractivity contribution is -0.124. The molecule has 1 amide bonds. The van der Waals surface area contributed by atoms with E-state index in [2.05, 4.69) is 55.1 Å². The minimum absolute atomic E-state index is 0.160. The molecule has 1 aromatic rings. The minimum Gasteiger partial charge on any atom is -0.340 e. The molecule has 28 heavy (non-hydrogen) atoms. The molecule has 0 unspecified atom stereocenters. The van der Waals surface area contributed by atoms with Crippen LogP contribution in [0, 0.1) is 0 Å². The zero-order valence-electron chi connectivity index (χ0n) is 18.2. The Morgan fingerprint density at radius 2 is 1.86 bits per heavy atom. The third-order valence-electron chi connectivity index (χ3n) is 6.89. The SMILES string of the molecule is CCCCC1(N(C)C)CCN(CCN(C)C(=O)C2=CCc3ccccc32)CC1. The Kier molecular flexibility index (Phi) is 6.95. The quantitative estimate of drug-likeness (QED) is 0.685. The smallest absolute Gasteiger partial charge is 0.253 e. The summed E-state index contributed by atoms with van der Waals surface area (Å²) < 4.78 is 0. The average molecular weight is 384 g/mol. The second kappa shape index (κ2) is 9.23. The number of likely N-dealkylation sites (N-methyl/N-ethyl adjacent to an activating group) is 1. The van der Waals surface area contributed by atoms with Gasteiger partial charge in [-0.25, -0.2) is 0 Å². The molecule has 0 bridgehead atoms. The summed E-state index contributed by atoms with van der Waals surface area (Å²) in [6, 6.07) is 8.26. The predicted octanol–water partition coefficient (Wildman–Crippen LogP) is 3.67. The van der Waals surface area contributed by atoms with Gasteiger partial charge in [0.1, 0.15) is 0 Å². The molecule has 4 heteroatoms. The number of benzene rings is 1. The predicted molar refractivity (Wildman–Crippen MR) is 117 cm³/mol. The van der Waals surface area contributed by atoms with Crippen molar-refractivity contribution < 1.29 is 4.79 Å². The molecule has 1 fully saturated rings. The summed E-state index contributed by atoms with van der Waals surface area (Å²) in [7, 11) is 6.43. The molecule has 0 radical (unpaired) electrons. The van der Waals surface area contributed by atoms with Crippen LogP contribution in [-0.4, -0.2) is 73.5 Å². The van der Waals surface area contributed by atoms with Gasteiger partial charge < -0.3 is 14.7 Å². The van der Waals surface area contributed by atoms with E-state index in [4.69, 9.17) is 0 Å². The largest absolute Gasteiger partial charge is 0.340 e. The first-order chi connectivity index (χ1) is 13.5. The third-order valence-corrected chi connectivity index (χ3v) is 6.89. The Hall–Kier alpha value is -1.65. The number of unbranched alkanes of at least 4 members (excludes halogenated alkanes) is 1. The van der Waals surface area contributed by atoms with E-state index < -0.39 is 0 Å². The molecule has 0 atom stereocenters. The van der Waals surface area contributed by atoms with Crippen molar-refractivity contribution in [2.45, 2.75) is 51.0 Å². The number of rotatable bonds is 8. The van der Waals surface area contributed by atoms with Crippen LogP contribution in [0.5, 0.6) is 0 Å². The molecule has 1 heterocycles. The Balaban J connectivity index is 1.49. The molecule has 0 saturated carbocycles. The first-order valence-electron chi connectivity index (χ1n) is 10.9. The van der Waals surface area contributed by atoms with E-state index in [0.29, 0.717) is 5.54 Å². The topological polar surface area (TPSA) is 26.8 Å². The number of hydrogen-bond acceptors (Lipinski definition) is 3. The fourth-order valence-electron chi connectivity index (χ4n) is 4.70. The summed E-state index contributed by atoms with van der Waals surface area (Å²) in [6.07, 6.45) is 9.31.